The zero-order valence-corrected chi connectivity index (χ0v) is 13.5. The molecule has 122 valence electrons. The van der Waals surface area contributed by atoms with E-state index in [-0.39, 0.29) is 11.1 Å². The number of carbonyl (C=O) groups is 1. The lowest BCUT2D eigenvalue weighted by Crippen LogP contribution is -2.28. The SMILES string of the molecule is CS(C)(C)C#Cc1cc(C=O)cc(OS(=O)(=O)C(F)(F)F)c1. The number of carbonyl (C=O) groups excluding carboxylic acids is 1. The van der Waals surface area contributed by atoms with Crippen LogP contribution in [0.5, 0.6) is 5.75 Å². The van der Waals surface area contributed by atoms with Crippen molar-refractivity contribution in [1.82, 2.24) is 0 Å². The van der Waals surface area contributed by atoms with E-state index >= 15 is 0 Å². The molecule has 0 aliphatic rings. The second-order valence-corrected chi connectivity index (χ2v) is 10.4. The van der Waals surface area contributed by atoms with E-state index in [2.05, 4.69) is 15.4 Å². The Bertz CT molecular complexity index is 735. The summed E-state index contributed by atoms with van der Waals surface area (Å²) in [4.78, 5) is 10.8. The van der Waals surface area contributed by atoms with Gasteiger partial charge in [-0.15, -0.1) is 0 Å². The van der Waals surface area contributed by atoms with E-state index < -0.39 is 31.4 Å². The summed E-state index contributed by atoms with van der Waals surface area (Å²) in [5.41, 5.74) is -5.39. The Kier molecular flexibility index (Phi) is 5.20. The Morgan fingerprint density at radius 1 is 1.14 bits per heavy atom. The minimum atomic E-state index is -5.79. The number of alkyl halides is 3. The second-order valence-electron chi connectivity index (χ2n) is 4.96. The van der Waals surface area contributed by atoms with E-state index in [9.17, 15) is 26.4 Å². The van der Waals surface area contributed by atoms with Gasteiger partial charge in [-0.05, 0) is 42.2 Å². The molecule has 0 saturated carbocycles. The summed E-state index contributed by atoms with van der Waals surface area (Å²) in [5.74, 6) is 2.08. The monoisotopic (exact) mass is 354 g/mol. The van der Waals surface area contributed by atoms with Gasteiger partial charge in [-0.3, -0.25) is 4.79 Å². The van der Waals surface area contributed by atoms with Gasteiger partial charge in [0.2, 0.25) is 0 Å². The Labute approximate surface area is 128 Å². The number of hydrogen-bond acceptors (Lipinski definition) is 4. The summed E-state index contributed by atoms with van der Waals surface area (Å²) in [6, 6.07) is 3.26. The maximum atomic E-state index is 12.3. The summed E-state index contributed by atoms with van der Waals surface area (Å²) in [6.45, 7) is 0. The van der Waals surface area contributed by atoms with Crippen LogP contribution >= 0.6 is 10.0 Å². The maximum Gasteiger partial charge on any atom is 0.534 e. The summed E-state index contributed by atoms with van der Waals surface area (Å²) >= 11 is 0. The van der Waals surface area contributed by atoms with E-state index in [1.807, 2.05) is 18.8 Å². The Balaban J connectivity index is 3.27. The van der Waals surface area contributed by atoms with Gasteiger partial charge >= 0.3 is 15.6 Å². The summed E-state index contributed by atoms with van der Waals surface area (Å²) in [5, 5.41) is 2.90. The molecule has 0 heterocycles. The molecular weight excluding hydrogens is 341 g/mol. The Morgan fingerprint density at radius 3 is 2.18 bits per heavy atom. The van der Waals surface area contributed by atoms with Gasteiger partial charge in [-0.1, -0.05) is 5.92 Å². The van der Waals surface area contributed by atoms with Gasteiger partial charge < -0.3 is 4.18 Å². The summed E-state index contributed by atoms with van der Waals surface area (Å²) in [6.07, 6.45) is 6.06. The van der Waals surface area contributed by atoms with Crippen LogP contribution in [-0.4, -0.2) is 39.0 Å². The molecule has 4 nitrogen and oxygen atoms in total. The van der Waals surface area contributed by atoms with Crippen LogP contribution in [0, 0.1) is 11.2 Å². The third-order valence-electron chi connectivity index (χ3n) is 2.06. The van der Waals surface area contributed by atoms with Crippen molar-refractivity contribution < 1.29 is 30.6 Å². The van der Waals surface area contributed by atoms with E-state index in [1.165, 1.54) is 6.07 Å². The van der Waals surface area contributed by atoms with Gasteiger partial charge in [0.1, 0.15) is 12.0 Å². The fourth-order valence-corrected chi connectivity index (χ4v) is 2.06. The first-order chi connectivity index (χ1) is 9.84. The van der Waals surface area contributed by atoms with Crippen LogP contribution in [0.15, 0.2) is 18.2 Å². The molecule has 0 spiro atoms. The lowest BCUT2D eigenvalue weighted by atomic mass is 10.1. The van der Waals surface area contributed by atoms with Crippen LogP contribution in [0.3, 0.4) is 0 Å². The lowest BCUT2D eigenvalue weighted by Gasteiger charge is -2.15. The topological polar surface area (TPSA) is 60.4 Å². The largest absolute Gasteiger partial charge is 0.534 e. The molecule has 0 saturated heterocycles. The molecule has 0 bridgehead atoms. The number of rotatable bonds is 3. The Hall–Kier alpha value is -1.66. The van der Waals surface area contributed by atoms with Gasteiger partial charge in [0.25, 0.3) is 0 Å². The van der Waals surface area contributed by atoms with E-state index in [1.54, 1.807) is 0 Å². The van der Waals surface area contributed by atoms with E-state index in [0.29, 0.717) is 6.29 Å². The average Bonchev–Trinajstić information content (AvgIpc) is 2.33. The fourth-order valence-electron chi connectivity index (χ4n) is 1.20. The Morgan fingerprint density at radius 2 is 1.73 bits per heavy atom. The normalized spacial score (nSPS) is 13.0. The fraction of sp³-hybridized carbons (Fsp3) is 0.308. The molecule has 22 heavy (non-hydrogen) atoms. The molecule has 9 heteroatoms. The minimum absolute atomic E-state index is 0.0388. The molecule has 0 aliphatic heterocycles. The molecule has 0 unspecified atom stereocenters. The van der Waals surface area contributed by atoms with Gasteiger partial charge in [-0.25, -0.2) is 0 Å². The summed E-state index contributed by atoms with van der Waals surface area (Å²) in [7, 11) is -7.00. The molecule has 1 rings (SSSR count). The van der Waals surface area contributed by atoms with Crippen molar-refractivity contribution in [3.8, 4) is 16.9 Å². The van der Waals surface area contributed by atoms with Crippen LogP contribution in [0.4, 0.5) is 13.2 Å². The molecule has 0 atom stereocenters. The molecule has 1 aromatic carbocycles. The van der Waals surface area contributed by atoms with Crippen molar-refractivity contribution >= 4 is 26.4 Å². The van der Waals surface area contributed by atoms with Gasteiger partial charge in [-0.2, -0.15) is 31.6 Å². The van der Waals surface area contributed by atoms with Gasteiger partial charge in [0, 0.05) is 11.1 Å². The van der Waals surface area contributed by atoms with Crippen molar-refractivity contribution in [3.05, 3.63) is 29.3 Å². The number of benzene rings is 1. The highest BCUT2D eigenvalue weighted by atomic mass is 32.3. The first kappa shape index (κ1) is 18.4. The van der Waals surface area contributed by atoms with Gasteiger partial charge in [0.15, 0.2) is 0 Å². The van der Waals surface area contributed by atoms with Crippen LogP contribution in [-0.2, 0) is 10.1 Å². The van der Waals surface area contributed by atoms with Crippen LogP contribution < -0.4 is 4.18 Å². The second kappa shape index (κ2) is 6.22. The molecule has 0 aliphatic carbocycles. The van der Waals surface area contributed by atoms with E-state index in [0.717, 1.165) is 12.1 Å². The maximum absolute atomic E-state index is 12.3. The quantitative estimate of drug-likeness (QED) is 0.362. The number of hydrogen-bond donors (Lipinski definition) is 0. The first-order valence-corrected chi connectivity index (χ1v) is 9.93. The van der Waals surface area contributed by atoms with Crippen LogP contribution in [0.1, 0.15) is 15.9 Å². The highest BCUT2D eigenvalue weighted by Crippen LogP contribution is 2.33. The minimum Gasteiger partial charge on any atom is -0.376 e. The van der Waals surface area contributed by atoms with Gasteiger partial charge in [0.05, 0.1) is 0 Å². The third-order valence-corrected chi connectivity index (χ3v) is 3.75. The van der Waals surface area contributed by atoms with Crippen molar-refractivity contribution in [2.75, 3.05) is 18.8 Å². The standard InChI is InChI=1S/C13H13F3O4S2/c1-21(2,3)5-4-10-6-11(9-17)8-12(7-10)20-22(18,19)13(14,15)16/h6-9H,1-3H3. The molecule has 0 aromatic heterocycles. The predicted octanol–water partition coefficient (Wildman–Crippen LogP) is 2.73. The third kappa shape index (κ3) is 5.27. The van der Waals surface area contributed by atoms with Crippen molar-refractivity contribution in [3.63, 3.8) is 0 Å². The van der Waals surface area contributed by atoms with Crippen LogP contribution in [0.2, 0.25) is 0 Å². The number of halogens is 3. The molecule has 0 amide bonds. The van der Waals surface area contributed by atoms with Crippen molar-refractivity contribution in [2.24, 2.45) is 0 Å². The summed E-state index contributed by atoms with van der Waals surface area (Å²) < 4.78 is 62.9. The zero-order valence-electron chi connectivity index (χ0n) is 11.9. The molecule has 0 N–H and O–H groups in total. The zero-order chi connectivity index (χ0) is 17.2. The highest BCUT2D eigenvalue weighted by molar-refractivity contribution is 8.35. The molecule has 0 fully saturated rings. The first-order valence-electron chi connectivity index (χ1n) is 5.66. The highest BCUT2D eigenvalue weighted by Gasteiger charge is 2.48. The predicted molar refractivity (Wildman–Crippen MR) is 79.7 cm³/mol. The lowest BCUT2D eigenvalue weighted by molar-refractivity contribution is -0.0500. The van der Waals surface area contributed by atoms with Crippen molar-refractivity contribution in [1.29, 1.82) is 0 Å². The average molecular weight is 354 g/mol. The molecule has 0 radical (unpaired) electrons. The van der Waals surface area contributed by atoms with Crippen molar-refractivity contribution in [2.45, 2.75) is 5.51 Å². The smallest absolute Gasteiger partial charge is 0.376 e. The van der Waals surface area contributed by atoms with Crippen LogP contribution in [0.25, 0.3) is 0 Å². The molecule has 1 aromatic rings. The number of aldehydes is 1. The van der Waals surface area contributed by atoms with E-state index in [4.69, 9.17) is 0 Å². The molecular formula is C13H13F3O4S2.